The highest BCUT2D eigenvalue weighted by atomic mass is 19.4. The van der Waals surface area contributed by atoms with Gasteiger partial charge in [-0.25, -0.2) is 9.48 Å². The van der Waals surface area contributed by atoms with Crippen LogP contribution in [0.25, 0.3) is 5.69 Å². The Bertz CT molecular complexity index is 623. The average molecular weight is 301 g/mol. The second kappa shape index (κ2) is 5.81. The molecule has 2 rings (SSSR count). The van der Waals surface area contributed by atoms with E-state index in [4.69, 9.17) is 4.74 Å². The number of hydrogen-bond donors (Lipinski definition) is 0. The Morgan fingerprint density at radius 1 is 1.29 bits per heavy atom. The van der Waals surface area contributed by atoms with Gasteiger partial charge in [-0.1, -0.05) is 5.21 Å². The van der Waals surface area contributed by atoms with Crippen molar-refractivity contribution >= 4 is 5.97 Å². The number of hydrogen-bond acceptors (Lipinski definition) is 5. The van der Waals surface area contributed by atoms with E-state index in [1.54, 1.807) is 6.92 Å². The molecule has 1 aromatic heterocycles. The van der Waals surface area contributed by atoms with E-state index in [-0.39, 0.29) is 18.1 Å². The lowest BCUT2D eigenvalue weighted by molar-refractivity contribution is -0.274. The third kappa shape index (κ3) is 3.94. The molecule has 112 valence electrons. The zero-order valence-electron chi connectivity index (χ0n) is 10.8. The molecule has 9 heteroatoms. The van der Waals surface area contributed by atoms with Crippen LogP contribution in [-0.4, -0.2) is 33.9 Å². The molecule has 21 heavy (non-hydrogen) atoms. The molecule has 0 saturated carbocycles. The highest BCUT2D eigenvalue weighted by Crippen LogP contribution is 2.23. The predicted octanol–water partition coefficient (Wildman–Crippen LogP) is 2.34. The molecule has 0 N–H and O–H groups in total. The van der Waals surface area contributed by atoms with Crippen LogP contribution in [0.15, 0.2) is 30.5 Å². The Morgan fingerprint density at radius 2 is 1.95 bits per heavy atom. The topological polar surface area (TPSA) is 66.2 Å². The summed E-state index contributed by atoms with van der Waals surface area (Å²) in [7, 11) is 0. The van der Waals surface area contributed by atoms with Crippen molar-refractivity contribution < 1.29 is 27.4 Å². The summed E-state index contributed by atoms with van der Waals surface area (Å²) in [5.74, 6) is -0.974. The number of halogens is 3. The minimum absolute atomic E-state index is 0.00691. The molecule has 0 atom stereocenters. The number of nitrogens with zero attached hydrogens (tertiary/aromatic N) is 3. The number of rotatable bonds is 4. The lowest BCUT2D eigenvalue weighted by Crippen LogP contribution is -2.17. The van der Waals surface area contributed by atoms with E-state index in [1.165, 1.54) is 23.0 Å². The highest BCUT2D eigenvalue weighted by Gasteiger charge is 2.31. The fraction of sp³-hybridized carbons (Fsp3) is 0.250. The first-order valence-corrected chi connectivity index (χ1v) is 5.84. The van der Waals surface area contributed by atoms with Gasteiger partial charge in [-0.3, -0.25) is 0 Å². The largest absolute Gasteiger partial charge is 0.573 e. The Labute approximate surface area is 117 Å². The molecule has 6 nitrogen and oxygen atoms in total. The monoisotopic (exact) mass is 301 g/mol. The van der Waals surface area contributed by atoms with Crippen molar-refractivity contribution in [2.75, 3.05) is 6.61 Å². The molecule has 0 saturated heterocycles. The third-order valence-electron chi connectivity index (χ3n) is 2.31. The SMILES string of the molecule is CCOC(=O)c1cn(-c2ccc(OC(F)(F)F)cc2)nn1. The van der Waals surface area contributed by atoms with Crippen molar-refractivity contribution in [1.29, 1.82) is 0 Å². The van der Waals surface area contributed by atoms with Crippen LogP contribution in [0.3, 0.4) is 0 Å². The quantitative estimate of drug-likeness (QED) is 0.811. The summed E-state index contributed by atoms with van der Waals surface area (Å²) < 4.78 is 45.8. The number of benzene rings is 1. The first-order valence-electron chi connectivity index (χ1n) is 5.84. The molecule has 0 radical (unpaired) electrons. The van der Waals surface area contributed by atoms with Crippen LogP contribution in [0.1, 0.15) is 17.4 Å². The van der Waals surface area contributed by atoms with E-state index in [9.17, 15) is 18.0 Å². The molecule has 0 spiro atoms. The van der Waals surface area contributed by atoms with Crippen LogP contribution in [-0.2, 0) is 4.74 Å². The number of carbonyl (C=O) groups is 1. The van der Waals surface area contributed by atoms with Crippen LogP contribution >= 0.6 is 0 Å². The van der Waals surface area contributed by atoms with E-state index in [2.05, 4.69) is 15.0 Å². The number of alkyl halides is 3. The maximum atomic E-state index is 12.0. The van der Waals surface area contributed by atoms with Crippen molar-refractivity contribution in [3.63, 3.8) is 0 Å². The van der Waals surface area contributed by atoms with Crippen molar-refractivity contribution in [1.82, 2.24) is 15.0 Å². The summed E-state index contributed by atoms with van der Waals surface area (Å²) >= 11 is 0. The Morgan fingerprint density at radius 3 is 2.52 bits per heavy atom. The first kappa shape index (κ1) is 14.8. The van der Waals surface area contributed by atoms with Gasteiger partial charge in [0, 0.05) is 0 Å². The number of aromatic nitrogens is 3. The summed E-state index contributed by atoms with van der Waals surface area (Å²) in [5, 5.41) is 7.32. The van der Waals surface area contributed by atoms with E-state index < -0.39 is 12.3 Å². The summed E-state index contributed by atoms with van der Waals surface area (Å²) in [5.41, 5.74) is 0.431. The molecule has 0 bridgehead atoms. The van der Waals surface area contributed by atoms with E-state index in [1.807, 2.05) is 0 Å². The van der Waals surface area contributed by atoms with Crippen molar-refractivity contribution in [2.24, 2.45) is 0 Å². The van der Waals surface area contributed by atoms with Crippen LogP contribution in [0, 0.1) is 0 Å². The molecule has 1 heterocycles. The van der Waals surface area contributed by atoms with Crippen LogP contribution in [0.2, 0.25) is 0 Å². The fourth-order valence-corrected chi connectivity index (χ4v) is 1.49. The van der Waals surface area contributed by atoms with Crippen LogP contribution in [0.4, 0.5) is 13.2 Å². The molecule has 0 aliphatic rings. The molecule has 1 aromatic carbocycles. The second-order valence-electron chi connectivity index (χ2n) is 3.81. The van der Waals surface area contributed by atoms with Gasteiger partial charge < -0.3 is 9.47 Å². The van der Waals surface area contributed by atoms with Gasteiger partial charge in [0.1, 0.15) is 5.75 Å². The normalized spacial score (nSPS) is 11.2. The standard InChI is InChI=1S/C12H10F3N3O3/c1-2-20-11(19)10-7-18(17-16-10)8-3-5-9(6-4-8)21-12(13,14)15/h3-7H,2H2,1H3. The predicted molar refractivity (Wildman–Crippen MR) is 64.0 cm³/mol. The van der Waals surface area contributed by atoms with Crippen LogP contribution < -0.4 is 4.74 Å². The minimum atomic E-state index is -4.74. The average Bonchev–Trinajstić information content (AvgIpc) is 2.87. The summed E-state index contributed by atoms with van der Waals surface area (Å²) in [6, 6.07) is 4.97. The van der Waals surface area contributed by atoms with E-state index >= 15 is 0 Å². The highest BCUT2D eigenvalue weighted by molar-refractivity contribution is 5.86. The molecule has 0 aliphatic carbocycles. The Hall–Kier alpha value is -2.58. The van der Waals surface area contributed by atoms with Gasteiger partial charge in [0.05, 0.1) is 18.5 Å². The molecular weight excluding hydrogens is 291 g/mol. The summed E-state index contributed by atoms with van der Waals surface area (Å²) in [6.45, 7) is 1.86. The lowest BCUT2D eigenvalue weighted by Gasteiger charge is -2.08. The zero-order valence-corrected chi connectivity index (χ0v) is 10.8. The first-order chi connectivity index (χ1) is 9.89. The lowest BCUT2D eigenvalue weighted by atomic mass is 10.3. The number of ether oxygens (including phenoxy) is 2. The number of carbonyl (C=O) groups excluding carboxylic acids is 1. The van der Waals surface area contributed by atoms with Crippen molar-refractivity contribution in [3.8, 4) is 11.4 Å². The van der Waals surface area contributed by atoms with Gasteiger partial charge in [0.15, 0.2) is 5.69 Å². The smallest absolute Gasteiger partial charge is 0.461 e. The second-order valence-corrected chi connectivity index (χ2v) is 3.81. The van der Waals surface area contributed by atoms with Gasteiger partial charge in [-0.05, 0) is 31.2 Å². The number of esters is 1. The van der Waals surface area contributed by atoms with E-state index in [0.29, 0.717) is 5.69 Å². The van der Waals surface area contributed by atoms with Gasteiger partial charge >= 0.3 is 12.3 Å². The van der Waals surface area contributed by atoms with Crippen LogP contribution in [0.5, 0.6) is 5.75 Å². The van der Waals surface area contributed by atoms with Gasteiger partial charge in [-0.2, -0.15) is 0 Å². The molecule has 2 aromatic rings. The van der Waals surface area contributed by atoms with Gasteiger partial charge in [0.25, 0.3) is 0 Å². The molecule has 0 unspecified atom stereocenters. The molecule has 0 aliphatic heterocycles. The van der Waals surface area contributed by atoms with Crippen molar-refractivity contribution in [3.05, 3.63) is 36.2 Å². The molecule has 0 amide bonds. The maximum absolute atomic E-state index is 12.0. The Balaban J connectivity index is 2.14. The summed E-state index contributed by atoms with van der Waals surface area (Å²) in [4.78, 5) is 11.4. The van der Waals surface area contributed by atoms with Crippen molar-refractivity contribution in [2.45, 2.75) is 13.3 Å². The fourth-order valence-electron chi connectivity index (χ4n) is 1.49. The van der Waals surface area contributed by atoms with E-state index in [0.717, 1.165) is 12.1 Å². The van der Waals surface area contributed by atoms with Gasteiger partial charge in [-0.15, -0.1) is 18.3 Å². The summed E-state index contributed by atoms with van der Waals surface area (Å²) in [6.07, 6.45) is -3.43. The molecular formula is C12H10F3N3O3. The third-order valence-corrected chi connectivity index (χ3v) is 2.31. The molecule has 0 fully saturated rings. The Kier molecular flexibility index (Phi) is 4.10. The zero-order chi connectivity index (χ0) is 15.5. The minimum Gasteiger partial charge on any atom is -0.461 e. The maximum Gasteiger partial charge on any atom is 0.573 e. The van der Waals surface area contributed by atoms with Gasteiger partial charge in [0.2, 0.25) is 0 Å².